The Hall–Kier alpha value is -2.58. The van der Waals surface area contributed by atoms with Gasteiger partial charge in [0.25, 0.3) is 0 Å². The largest absolute Gasteiger partial charge is 0.481 e. The fourth-order valence-corrected chi connectivity index (χ4v) is 13.4. The van der Waals surface area contributed by atoms with Gasteiger partial charge in [-0.05, 0) is 104 Å². The van der Waals surface area contributed by atoms with Crippen molar-refractivity contribution in [1.29, 1.82) is 0 Å². The minimum atomic E-state index is -2.10. The monoisotopic (exact) mass is 838 g/mol. The standard InChI is InChI=1S/C42H62O17/c1-37-11-12-38(2,36(54)55)16-19(37)18-15-20(44)31-39(3)9-8-22(40(4,17-43)21(39)7-10-42(31,6)41(18,5)14-13-37)56-35-30(26(48)25(47)29(58-35)33(52)53)59-34-27(49)23(45)24(46)28(57-34)32(50)51/h15,19,21-31,34-35,43,45-49H,7-14,16-17H2,1-6H3,(H,50,51)(H,52,53)(H,54,55)/t19?,21?,22-,23-,24-,25-,26-,27+,28-,29-,30+,31?,34-,35+,37+,38-,39-,40+,41?,42+/m0/s1. The van der Waals surface area contributed by atoms with Gasteiger partial charge in [0.15, 0.2) is 30.6 Å². The van der Waals surface area contributed by atoms with E-state index >= 15 is 0 Å². The van der Waals surface area contributed by atoms with Crippen LogP contribution in [0.5, 0.6) is 0 Å². The summed E-state index contributed by atoms with van der Waals surface area (Å²) in [4.78, 5) is 51.4. The zero-order valence-corrected chi connectivity index (χ0v) is 34.5. The van der Waals surface area contributed by atoms with E-state index in [0.29, 0.717) is 32.1 Å². The Morgan fingerprint density at radius 2 is 1.32 bits per heavy atom. The van der Waals surface area contributed by atoms with Crippen molar-refractivity contribution in [3.8, 4) is 0 Å². The molecule has 0 amide bonds. The Kier molecular flexibility index (Phi) is 11.1. The van der Waals surface area contributed by atoms with Crippen LogP contribution >= 0.6 is 0 Å². The maximum atomic E-state index is 14.9. The highest BCUT2D eigenvalue weighted by molar-refractivity contribution is 5.95. The Labute approximate surface area is 342 Å². The van der Waals surface area contributed by atoms with Crippen LogP contribution in [0.1, 0.15) is 99.3 Å². The van der Waals surface area contributed by atoms with E-state index in [1.54, 1.807) is 0 Å². The SMILES string of the molecule is CC12CC[C@@]3(C)CC[C@](C)(C(=O)O)CC3C1=CC(=O)C1[C@@]3(C)CC[C@H](O[C@@H]4O[C@H](C(=O)O)[C@@H](O)[C@H](O)[C@H]4O[C@@H]4O[C@H](C(=O)O)[C@@H](O)[C@H](O)[C@H]4O)[C@](C)(CO)C3CC[C@]12C. The van der Waals surface area contributed by atoms with Gasteiger partial charge in [0, 0.05) is 11.3 Å². The van der Waals surface area contributed by atoms with E-state index in [0.717, 1.165) is 24.8 Å². The zero-order chi connectivity index (χ0) is 43.6. The van der Waals surface area contributed by atoms with Gasteiger partial charge < -0.3 is 64.9 Å². The number of carboxylic acid groups (broad SMARTS) is 3. The maximum absolute atomic E-state index is 14.9. The molecule has 6 fully saturated rings. The van der Waals surface area contributed by atoms with Gasteiger partial charge in [0.1, 0.15) is 36.6 Å². The highest BCUT2D eigenvalue weighted by atomic mass is 16.8. The molecule has 2 saturated heterocycles. The molecule has 9 N–H and O–H groups in total. The van der Waals surface area contributed by atoms with Crippen molar-refractivity contribution in [1.82, 2.24) is 0 Å². The molecule has 7 rings (SSSR count). The smallest absolute Gasteiger partial charge is 0.335 e. The summed E-state index contributed by atoms with van der Waals surface area (Å²) in [6, 6.07) is 0. The third kappa shape index (κ3) is 6.46. The molecule has 7 aliphatic rings. The van der Waals surface area contributed by atoms with Gasteiger partial charge >= 0.3 is 17.9 Å². The molecule has 0 aromatic rings. The summed E-state index contributed by atoms with van der Waals surface area (Å²) in [5.41, 5.74) is -2.63. The van der Waals surface area contributed by atoms with Crippen LogP contribution in [-0.2, 0) is 38.1 Å². The number of aliphatic hydroxyl groups excluding tert-OH is 6. The van der Waals surface area contributed by atoms with Crippen LogP contribution in [0.25, 0.3) is 0 Å². The first-order valence-electron chi connectivity index (χ1n) is 20.9. The summed E-state index contributed by atoms with van der Waals surface area (Å²) >= 11 is 0. The summed E-state index contributed by atoms with van der Waals surface area (Å²) in [5.74, 6) is -5.02. The Bertz CT molecular complexity index is 1750. The number of carbonyl (C=O) groups excluding carboxylic acids is 1. The number of allylic oxidation sites excluding steroid dienone is 2. The second-order valence-corrected chi connectivity index (χ2v) is 20.5. The summed E-state index contributed by atoms with van der Waals surface area (Å²) in [6.45, 7) is 12.0. The molecule has 0 spiro atoms. The second-order valence-electron chi connectivity index (χ2n) is 20.5. The number of carbonyl (C=O) groups is 4. The predicted molar refractivity (Wildman–Crippen MR) is 201 cm³/mol. The average molecular weight is 839 g/mol. The van der Waals surface area contributed by atoms with Gasteiger partial charge in [-0.1, -0.05) is 40.2 Å². The van der Waals surface area contributed by atoms with Gasteiger partial charge in [-0.3, -0.25) is 9.59 Å². The van der Waals surface area contributed by atoms with E-state index in [-0.39, 0.29) is 29.5 Å². The molecule has 17 heteroatoms. The lowest BCUT2D eigenvalue weighted by Gasteiger charge is -2.70. The molecule has 2 aliphatic heterocycles. The molecular weight excluding hydrogens is 776 g/mol. The van der Waals surface area contributed by atoms with Crippen molar-refractivity contribution < 1.29 is 84.1 Å². The number of fused-ring (bicyclic) bond motifs is 7. The quantitative estimate of drug-likeness (QED) is 0.155. The van der Waals surface area contributed by atoms with Crippen LogP contribution in [0, 0.1) is 50.2 Å². The number of hydrogen-bond donors (Lipinski definition) is 9. The van der Waals surface area contributed by atoms with E-state index in [1.807, 2.05) is 19.9 Å². The number of ketones is 1. The zero-order valence-electron chi connectivity index (χ0n) is 34.5. The second kappa shape index (κ2) is 14.8. The van der Waals surface area contributed by atoms with E-state index in [2.05, 4.69) is 27.7 Å². The summed E-state index contributed by atoms with van der Waals surface area (Å²) in [7, 11) is 0. The van der Waals surface area contributed by atoms with Crippen LogP contribution in [0.2, 0.25) is 0 Å². The van der Waals surface area contributed by atoms with Crippen molar-refractivity contribution in [2.24, 2.45) is 50.2 Å². The van der Waals surface area contributed by atoms with Crippen molar-refractivity contribution in [2.45, 2.75) is 167 Å². The molecule has 0 aromatic heterocycles. The lowest BCUT2D eigenvalue weighted by molar-refractivity contribution is -0.372. The third-order valence-corrected chi connectivity index (χ3v) is 17.4. The molecule has 0 aromatic carbocycles. The Balaban J connectivity index is 1.19. The molecular formula is C42H62O17. The minimum Gasteiger partial charge on any atom is -0.481 e. The molecule has 4 saturated carbocycles. The number of aliphatic hydroxyl groups is 6. The van der Waals surface area contributed by atoms with Crippen molar-refractivity contribution in [3.05, 3.63) is 11.6 Å². The third-order valence-electron chi connectivity index (χ3n) is 17.4. The lowest BCUT2D eigenvalue weighted by atomic mass is 9.33. The van der Waals surface area contributed by atoms with Crippen LogP contribution < -0.4 is 0 Å². The molecule has 59 heavy (non-hydrogen) atoms. The van der Waals surface area contributed by atoms with Crippen LogP contribution in [0.4, 0.5) is 0 Å². The minimum absolute atomic E-state index is 0.0119. The molecule has 0 bridgehead atoms. The van der Waals surface area contributed by atoms with Gasteiger partial charge in [0.05, 0.1) is 18.1 Å². The fourth-order valence-electron chi connectivity index (χ4n) is 13.4. The van der Waals surface area contributed by atoms with Gasteiger partial charge in [-0.25, -0.2) is 9.59 Å². The van der Waals surface area contributed by atoms with Crippen LogP contribution in [-0.4, -0.2) is 144 Å². The lowest BCUT2D eigenvalue weighted by Crippen LogP contribution is -2.69. The topological polar surface area (TPSA) is 287 Å². The molecule has 0 radical (unpaired) electrons. The Morgan fingerprint density at radius 3 is 1.92 bits per heavy atom. The number of carboxylic acids is 3. The molecule has 332 valence electrons. The van der Waals surface area contributed by atoms with Crippen molar-refractivity contribution >= 4 is 23.7 Å². The van der Waals surface area contributed by atoms with Gasteiger partial charge in [0.2, 0.25) is 0 Å². The van der Waals surface area contributed by atoms with Crippen LogP contribution in [0.3, 0.4) is 0 Å². The normalized spacial score (nSPS) is 53.5. The highest BCUT2D eigenvalue weighted by Crippen LogP contribution is 2.75. The molecule has 5 aliphatic carbocycles. The number of rotatable bonds is 8. The number of hydrogen-bond acceptors (Lipinski definition) is 14. The van der Waals surface area contributed by atoms with E-state index in [9.17, 15) is 65.1 Å². The van der Waals surface area contributed by atoms with Crippen molar-refractivity contribution in [3.63, 3.8) is 0 Å². The van der Waals surface area contributed by atoms with Crippen molar-refractivity contribution in [2.75, 3.05) is 6.61 Å². The Morgan fingerprint density at radius 1 is 0.729 bits per heavy atom. The summed E-state index contributed by atoms with van der Waals surface area (Å²) < 4.78 is 23.2. The molecule has 4 unspecified atom stereocenters. The van der Waals surface area contributed by atoms with E-state index < -0.39 is 125 Å². The van der Waals surface area contributed by atoms with Gasteiger partial charge in [-0.15, -0.1) is 0 Å². The van der Waals surface area contributed by atoms with E-state index in [4.69, 9.17) is 18.9 Å². The predicted octanol–water partition coefficient (Wildman–Crippen LogP) is 1.22. The van der Waals surface area contributed by atoms with E-state index in [1.165, 1.54) is 0 Å². The average Bonchev–Trinajstić information content (AvgIpc) is 3.16. The first kappa shape index (κ1) is 44.5. The van der Waals surface area contributed by atoms with Gasteiger partial charge in [-0.2, -0.15) is 0 Å². The first-order valence-corrected chi connectivity index (χ1v) is 20.9. The molecule has 2 heterocycles. The fraction of sp³-hybridized carbons (Fsp3) is 0.857. The molecule has 20 atom stereocenters. The maximum Gasteiger partial charge on any atom is 0.335 e. The molecule has 17 nitrogen and oxygen atoms in total. The number of aliphatic carboxylic acids is 3. The highest BCUT2D eigenvalue weighted by Gasteiger charge is 2.71. The summed E-state index contributed by atoms with van der Waals surface area (Å²) in [5, 5.41) is 94.3. The summed E-state index contributed by atoms with van der Waals surface area (Å²) in [6.07, 6.45) is -13.8. The van der Waals surface area contributed by atoms with Crippen LogP contribution in [0.15, 0.2) is 11.6 Å². The number of ether oxygens (including phenoxy) is 4. The first-order chi connectivity index (χ1) is 27.3.